The Balaban J connectivity index is 2.24. The first-order chi connectivity index (χ1) is 9.47. The molecule has 0 aliphatic carbocycles. The lowest BCUT2D eigenvalue weighted by atomic mass is 10.2. The van der Waals surface area contributed by atoms with E-state index in [0.717, 1.165) is 18.2 Å². The van der Waals surface area contributed by atoms with E-state index >= 15 is 0 Å². The van der Waals surface area contributed by atoms with E-state index in [2.05, 4.69) is 10.3 Å². The molecule has 6 nitrogen and oxygen atoms in total. The highest BCUT2D eigenvalue weighted by Gasteiger charge is 2.14. The molecule has 1 aromatic heterocycles. The molecule has 0 aliphatic rings. The monoisotopic (exact) mass is 279 g/mol. The number of nitro groups is 1. The smallest absolute Gasteiger partial charge is 0.270 e. The van der Waals surface area contributed by atoms with Gasteiger partial charge in [-0.2, -0.15) is 13.8 Å². The van der Waals surface area contributed by atoms with E-state index in [4.69, 9.17) is 0 Å². The number of anilines is 1. The van der Waals surface area contributed by atoms with Crippen molar-refractivity contribution in [2.45, 2.75) is 0 Å². The van der Waals surface area contributed by atoms with E-state index in [1.807, 2.05) is 0 Å². The van der Waals surface area contributed by atoms with E-state index in [0.29, 0.717) is 0 Å². The van der Waals surface area contributed by atoms with Crippen LogP contribution in [-0.2, 0) is 0 Å². The third kappa shape index (κ3) is 2.91. The van der Waals surface area contributed by atoms with Crippen LogP contribution >= 0.6 is 0 Å². The number of halogens is 2. The summed E-state index contributed by atoms with van der Waals surface area (Å²) in [5.74, 6) is -2.96. The quantitative estimate of drug-likeness (QED) is 0.531. The molecule has 0 saturated carbocycles. The summed E-state index contributed by atoms with van der Waals surface area (Å²) in [5.41, 5.74) is -0.610. The van der Waals surface area contributed by atoms with E-state index in [1.54, 1.807) is 0 Å². The van der Waals surface area contributed by atoms with Crippen LogP contribution in [-0.4, -0.2) is 15.8 Å². The van der Waals surface area contributed by atoms with Crippen LogP contribution in [0.3, 0.4) is 0 Å². The van der Waals surface area contributed by atoms with Crippen LogP contribution in [0, 0.1) is 22.0 Å². The summed E-state index contributed by atoms with van der Waals surface area (Å²) in [6.07, 6.45) is 0. The Morgan fingerprint density at radius 2 is 2.00 bits per heavy atom. The van der Waals surface area contributed by atoms with Crippen molar-refractivity contribution in [2.24, 2.45) is 0 Å². The molecular formula is C12H7F2N3O3. The Bertz CT molecular complexity index is 691. The molecule has 1 heterocycles. The second-order valence-corrected chi connectivity index (χ2v) is 3.73. The molecule has 1 amide bonds. The summed E-state index contributed by atoms with van der Waals surface area (Å²) < 4.78 is 25.9. The second kappa shape index (κ2) is 5.39. The van der Waals surface area contributed by atoms with Crippen molar-refractivity contribution in [1.29, 1.82) is 0 Å². The van der Waals surface area contributed by atoms with Crippen molar-refractivity contribution in [1.82, 2.24) is 4.98 Å². The third-order valence-electron chi connectivity index (χ3n) is 2.38. The Morgan fingerprint density at radius 1 is 1.25 bits per heavy atom. The summed E-state index contributed by atoms with van der Waals surface area (Å²) in [4.78, 5) is 24.6. The molecule has 2 rings (SSSR count). The standard InChI is InChI=1S/C12H7F2N3O3/c13-10-5-4-9(11(14)16-10)15-12(18)7-2-1-3-8(6-7)17(19)20/h1-6H,(H,15,18). The number of hydrogen-bond acceptors (Lipinski definition) is 4. The van der Waals surface area contributed by atoms with Crippen molar-refractivity contribution < 1.29 is 18.5 Å². The number of nitrogens with zero attached hydrogens (tertiary/aromatic N) is 2. The first-order valence-electron chi connectivity index (χ1n) is 5.35. The van der Waals surface area contributed by atoms with Crippen molar-refractivity contribution >= 4 is 17.3 Å². The van der Waals surface area contributed by atoms with Gasteiger partial charge in [-0.1, -0.05) is 6.07 Å². The van der Waals surface area contributed by atoms with Gasteiger partial charge in [0.2, 0.25) is 11.9 Å². The Kier molecular flexibility index (Phi) is 3.65. The molecule has 0 atom stereocenters. The van der Waals surface area contributed by atoms with Gasteiger partial charge < -0.3 is 5.32 Å². The molecule has 0 radical (unpaired) electrons. The minimum atomic E-state index is -1.18. The van der Waals surface area contributed by atoms with Gasteiger partial charge in [-0.25, -0.2) is 0 Å². The highest BCUT2D eigenvalue weighted by atomic mass is 19.1. The van der Waals surface area contributed by atoms with Crippen molar-refractivity contribution in [3.05, 3.63) is 64.0 Å². The number of pyridine rings is 1. The highest BCUT2D eigenvalue weighted by Crippen LogP contribution is 2.16. The predicted octanol–water partition coefficient (Wildman–Crippen LogP) is 2.52. The molecule has 8 heteroatoms. The fourth-order valence-corrected chi connectivity index (χ4v) is 1.46. The fourth-order valence-electron chi connectivity index (χ4n) is 1.46. The molecule has 1 aromatic carbocycles. The molecule has 1 N–H and O–H groups in total. The number of aromatic nitrogens is 1. The number of carbonyl (C=O) groups is 1. The van der Waals surface area contributed by atoms with Gasteiger partial charge in [-0.05, 0) is 18.2 Å². The Hall–Kier alpha value is -2.90. The van der Waals surface area contributed by atoms with Gasteiger partial charge in [-0.15, -0.1) is 0 Å². The average molecular weight is 279 g/mol. The number of nitrogens with one attached hydrogen (secondary N) is 1. The zero-order valence-corrected chi connectivity index (χ0v) is 9.84. The minimum Gasteiger partial charge on any atom is -0.318 e. The summed E-state index contributed by atoms with van der Waals surface area (Å²) >= 11 is 0. The maximum Gasteiger partial charge on any atom is 0.270 e. The zero-order valence-electron chi connectivity index (χ0n) is 9.84. The maximum absolute atomic E-state index is 13.3. The molecular weight excluding hydrogens is 272 g/mol. The molecule has 0 saturated heterocycles. The summed E-state index contributed by atoms with van der Waals surface area (Å²) in [6, 6.07) is 6.81. The van der Waals surface area contributed by atoms with Gasteiger partial charge in [0.15, 0.2) is 0 Å². The first kappa shape index (κ1) is 13.5. The van der Waals surface area contributed by atoms with Gasteiger partial charge >= 0.3 is 0 Å². The van der Waals surface area contributed by atoms with Crippen LogP contribution in [0.4, 0.5) is 20.2 Å². The van der Waals surface area contributed by atoms with Gasteiger partial charge in [0.25, 0.3) is 11.6 Å². The van der Waals surface area contributed by atoms with Crippen LogP contribution in [0.25, 0.3) is 0 Å². The Labute approximate surface area is 111 Å². The van der Waals surface area contributed by atoms with Gasteiger partial charge in [-0.3, -0.25) is 14.9 Å². The third-order valence-corrected chi connectivity index (χ3v) is 2.38. The molecule has 0 bridgehead atoms. The van der Waals surface area contributed by atoms with Crippen molar-refractivity contribution in [3.8, 4) is 0 Å². The molecule has 2 aromatic rings. The number of carbonyl (C=O) groups excluding carboxylic acids is 1. The topological polar surface area (TPSA) is 85.1 Å². The van der Waals surface area contributed by atoms with Crippen molar-refractivity contribution in [3.63, 3.8) is 0 Å². The minimum absolute atomic E-state index is 0.0251. The molecule has 0 aliphatic heterocycles. The number of hydrogen-bond donors (Lipinski definition) is 1. The fraction of sp³-hybridized carbons (Fsp3) is 0. The molecule has 20 heavy (non-hydrogen) atoms. The number of amides is 1. The van der Waals surface area contributed by atoms with E-state index in [1.165, 1.54) is 18.2 Å². The van der Waals surface area contributed by atoms with Gasteiger partial charge in [0.1, 0.15) is 0 Å². The van der Waals surface area contributed by atoms with E-state index in [9.17, 15) is 23.7 Å². The molecule has 102 valence electrons. The summed E-state index contributed by atoms with van der Waals surface area (Å²) in [7, 11) is 0. The van der Waals surface area contributed by atoms with E-state index in [-0.39, 0.29) is 16.9 Å². The number of rotatable bonds is 3. The number of non-ortho nitro benzene ring substituents is 1. The van der Waals surface area contributed by atoms with E-state index < -0.39 is 22.7 Å². The second-order valence-electron chi connectivity index (χ2n) is 3.73. The SMILES string of the molecule is O=C(Nc1ccc(F)nc1F)c1cccc([N+](=O)[O-])c1. The van der Waals surface area contributed by atoms with Crippen LogP contribution in [0.5, 0.6) is 0 Å². The lowest BCUT2D eigenvalue weighted by molar-refractivity contribution is -0.384. The summed E-state index contributed by atoms with van der Waals surface area (Å²) in [6.45, 7) is 0. The number of nitro benzene ring substituents is 1. The predicted molar refractivity (Wildman–Crippen MR) is 65.2 cm³/mol. The van der Waals surface area contributed by atoms with Gasteiger partial charge in [0, 0.05) is 17.7 Å². The van der Waals surface area contributed by atoms with Crippen molar-refractivity contribution in [2.75, 3.05) is 5.32 Å². The molecule has 0 fully saturated rings. The lowest BCUT2D eigenvalue weighted by Gasteiger charge is -2.05. The van der Waals surface area contributed by atoms with Crippen LogP contribution in [0.15, 0.2) is 36.4 Å². The number of benzene rings is 1. The van der Waals surface area contributed by atoms with Crippen LogP contribution < -0.4 is 5.32 Å². The maximum atomic E-state index is 13.3. The van der Waals surface area contributed by atoms with Crippen LogP contribution in [0.2, 0.25) is 0 Å². The Morgan fingerprint density at radius 3 is 2.65 bits per heavy atom. The normalized spacial score (nSPS) is 10.1. The average Bonchev–Trinajstić information content (AvgIpc) is 2.42. The van der Waals surface area contributed by atoms with Gasteiger partial charge in [0.05, 0.1) is 10.6 Å². The molecule has 0 spiro atoms. The highest BCUT2D eigenvalue weighted by molar-refractivity contribution is 6.04. The lowest BCUT2D eigenvalue weighted by Crippen LogP contribution is -2.14. The molecule has 0 unspecified atom stereocenters. The largest absolute Gasteiger partial charge is 0.318 e. The first-order valence-corrected chi connectivity index (χ1v) is 5.35. The zero-order chi connectivity index (χ0) is 14.7. The summed E-state index contributed by atoms with van der Waals surface area (Å²) in [5, 5.41) is 12.7. The van der Waals surface area contributed by atoms with Crippen LogP contribution in [0.1, 0.15) is 10.4 Å².